The van der Waals surface area contributed by atoms with E-state index >= 15 is 0 Å². The maximum absolute atomic E-state index is 12.1. The van der Waals surface area contributed by atoms with Crippen LogP contribution in [0.1, 0.15) is 40.7 Å². The Morgan fingerprint density at radius 3 is 2.45 bits per heavy atom. The Kier molecular flexibility index (Phi) is 3.96. The Balaban J connectivity index is 1.59. The molecular formula is C17H18N2O3. The molecule has 0 unspecified atom stereocenters. The normalized spacial score (nSPS) is 15.1. The van der Waals surface area contributed by atoms with Crippen molar-refractivity contribution in [3.05, 3.63) is 54.0 Å². The second kappa shape index (κ2) is 6.05. The molecule has 114 valence electrons. The highest BCUT2D eigenvalue weighted by molar-refractivity contribution is 6.02. The Bertz CT molecular complexity index is 658. The molecule has 1 atom stereocenters. The van der Waals surface area contributed by atoms with Crippen molar-refractivity contribution < 1.29 is 14.0 Å². The van der Waals surface area contributed by atoms with E-state index in [1.54, 1.807) is 36.4 Å². The lowest BCUT2D eigenvalue weighted by atomic mass is 10.1. The van der Waals surface area contributed by atoms with Crippen LogP contribution < -0.4 is 10.6 Å². The van der Waals surface area contributed by atoms with Crippen LogP contribution in [0.3, 0.4) is 0 Å². The maximum Gasteiger partial charge on any atom is 0.291 e. The van der Waals surface area contributed by atoms with Crippen molar-refractivity contribution in [2.45, 2.75) is 25.8 Å². The number of carbonyl (C=O) groups is 2. The molecule has 1 aromatic carbocycles. The Morgan fingerprint density at radius 1 is 1.14 bits per heavy atom. The second-order valence-electron chi connectivity index (χ2n) is 5.61. The largest absolute Gasteiger partial charge is 0.459 e. The van der Waals surface area contributed by atoms with Crippen LogP contribution in [0.25, 0.3) is 0 Å². The summed E-state index contributed by atoms with van der Waals surface area (Å²) in [5, 5.41) is 5.71. The van der Waals surface area contributed by atoms with Crippen molar-refractivity contribution in [3.63, 3.8) is 0 Å². The van der Waals surface area contributed by atoms with Gasteiger partial charge in [-0.05, 0) is 62.1 Å². The van der Waals surface area contributed by atoms with Crippen LogP contribution in [0.4, 0.5) is 5.69 Å². The van der Waals surface area contributed by atoms with Crippen LogP contribution in [0.2, 0.25) is 0 Å². The van der Waals surface area contributed by atoms with Gasteiger partial charge in [0.2, 0.25) is 0 Å². The molecule has 0 bridgehead atoms. The van der Waals surface area contributed by atoms with Crippen LogP contribution >= 0.6 is 0 Å². The van der Waals surface area contributed by atoms with Gasteiger partial charge >= 0.3 is 0 Å². The molecule has 2 amide bonds. The smallest absolute Gasteiger partial charge is 0.291 e. The predicted octanol–water partition coefficient (Wildman–Crippen LogP) is 3.06. The molecule has 1 aliphatic rings. The van der Waals surface area contributed by atoms with Gasteiger partial charge in [-0.15, -0.1) is 0 Å². The van der Waals surface area contributed by atoms with E-state index in [9.17, 15) is 9.59 Å². The highest BCUT2D eigenvalue weighted by Crippen LogP contribution is 2.32. The van der Waals surface area contributed by atoms with Crippen LogP contribution in [0, 0.1) is 5.92 Å². The van der Waals surface area contributed by atoms with Gasteiger partial charge in [0.1, 0.15) is 0 Å². The third-order valence-corrected chi connectivity index (χ3v) is 3.84. The van der Waals surface area contributed by atoms with E-state index < -0.39 is 0 Å². The quantitative estimate of drug-likeness (QED) is 0.891. The topological polar surface area (TPSA) is 71.3 Å². The van der Waals surface area contributed by atoms with E-state index in [2.05, 4.69) is 10.6 Å². The van der Waals surface area contributed by atoms with Gasteiger partial charge in [-0.2, -0.15) is 0 Å². The van der Waals surface area contributed by atoms with E-state index in [-0.39, 0.29) is 23.6 Å². The molecule has 3 rings (SSSR count). The van der Waals surface area contributed by atoms with Gasteiger partial charge < -0.3 is 15.1 Å². The second-order valence-corrected chi connectivity index (χ2v) is 5.61. The summed E-state index contributed by atoms with van der Waals surface area (Å²) in [4.78, 5) is 23.9. The van der Waals surface area contributed by atoms with Gasteiger partial charge in [0.05, 0.1) is 6.26 Å². The number of hydrogen-bond acceptors (Lipinski definition) is 3. The molecule has 2 aromatic rings. The maximum atomic E-state index is 12.1. The van der Waals surface area contributed by atoms with Crippen LogP contribution in [-0.4, -0.2) is 17.9 Å². The summed E-state index contributed by atoms with van der Waals surface area (Å²) in [5.74, 6) is 0.476. The molecular weight excluding hydrogens is 280 g/mol. The summed E-state index contributed by atoms with van der Waals surface area (Å²) in [6.07, 6.45) is 3.84. The van der Waals surface area contributed by atoms with E-state index in [0.717, 1.165) is 0 Å². The molecule has 0 radical (unpaired) electrons. The summed E-state index contributed by atoms with van der Waals surface area (Å²) >= 11 is 0. The molecule has 1 aromatic heterocycles. The molecule has 0 saturated heterocycles. The van der Waals surface area contributed by atoms with Gasteiger partial charge in [-0.1, -0.05) is 0 Å². The number of anilines is 1. The van der Waals surface area contributed by atoms with Crippen molar-refractivity contribution in [1.29, 1.82) is 0 Å². The van der Waals surface area contributed by atoms with Gasteiger partial charge in [0.25, 0.3) is 11.8 Å². The predicted molar refractivity (Wildman–Crippen MR) is 82.8 cm³/mol. The van der Waals surface area contributed by atoms with Crippen molar-refractivity contribution >= 4 is 17.5 Å². The minimum absolute atomic E-state index is 0.0803. The first-order valence-electron chi connectivity index (χ1n) is 7.39. The Hall–Kier alpha value is -2.56. The number of hydrogen-bond donors (Lipinski definition) is 2. The number of rotatable bonds is 5. The fourth-order valence-electron chi connectivity index (χ4n) is 2.31. The van der Waals surface area contributed by atoms with Crippen molar-refractivity contribution in [1.82, 2.24) is 5.32 Å². The molecule has 0 spiro atoms. The number of benzene rings is 1. The van der Waals surface area contributed by atoms with Crippen molar-refractivity contribution in [2.24, 2.45) is 5.92 Å². The highest BCUT2D eigenvalue weighted by atomic mass is 16.3. The summed E-state index contributed by atoms with van der Waals surface area (Å²) in [7, 11) is 0. The van der Waals surface area contributed by atoms with Gasteiger partial charge in [0.15, 0.2) is 5.76 Å². The lowest BCUT2D eigenvalue weighted by molar-refractivity contribution is 0.0935. The first kappa shape index (κ1) is 14.4. The average molecular weight is 298 g/mol. The van der Waals surface area contributed by atoms with Crippen molar-refractivity contribution in [3.8, 4) is 0 Å². The molecule has 1 aliphatic carbocycles. The van der Waals surface area contributed by atoms with Gasteiger partial charge in [-0.25, -0.2) is 0 Å². The van der Waals surface area contributed by atoms with E-state index in [1.807, 2.05) is 6.92 Å². The molecule has 5 heteroatoms. The third kappa shape index (κ3) is 3.36. The standard InChI is InChI=1S/C17H18N2O3/c1-11(12-4-5-12)18-16(20)13-6-8-14(9-7-13)19-17(21)15-3-2-10-22-15/h2-3,6-12H,4-5H2,1H3,(H,18,20)(H,19,21)/t11-/m0/s1. The van der Waals surface area contributed by atoms with Gasteiger partial charge in [0, 0.05) is 17.3 Å². The molecule has 0 aliphatic heterocycles. The highest BCUT2D eigenvalue weighted by Gasteiger charge is 2.29. The summed E-state index contributed by atoms with van der Waals surface area (Å²) < 4.78 is 5.03. The molecule has 22 heavy (non-hydrogen) atoms. The van der Waals surface area contributed by atoms with Crippen LogP contribution in [0.15, 0.2) is 47.1 Å². The minimum Gasteiger partial charge on any atom is -0.459 e. The van der Waals surface area contributed by atoms with Crippen LogP contribution in [-0.2, 0) is 0 Å². The van der Waals surface area contributed by atoms with Gasteiger partial charge in [-0.3, -0.25) is 9.59 Å². The zero-order chi connectivity index (χ0) is 15.5. The first-order chi connectivity index (χ1) is 10.6. The molecule has 5 nitrogen and oxygen atoms in total. The average Bonchev–Trinajstić information content (AvgIpc) is 3.22. The number of nitrogens with one attached hydrogen (secondary N) is 2. The first-order valence-corrected chi connectivity index (χ1v) is 7.39. The van der Waals surface area contributed by atoms with Crippen molar-refractivity contribution in [2.75, 3.05) is 5.32 Å². The zero-order valence-corrected chi connectivity index (χ0v) is 12.3. The van der Waals surface area contributed by atoms with E-state index in [4.69, 9.17) is 4.42 Å². The Labute approximate surface area is 128 Å². The minimum atomic E-state index is -0.315. The molecule has 2 N–H and O–H groups in total. The summed E-state index contributed by atoms with van der Waals surface area (Å²) in [5.41, 5.74) is 1.21. The third-order valence-electron chi connectivity index (χ3n) is 3.84. The Morgan fingerprint density at radius 2 is 1.86 bits per heavy atom. The summed E-state index contributed by atoms with van der Waals surface area (Å²) in [6, 6.07) is 10.3. The van der Waals surface area contributed by atoms with Crippen LogP contribution in [0.5, 0.6) is 0 Å². The zero-order valence-electron chi connectivity index (χ0n) is 12.3. The number of amides is 2. The molecule has 1 heterocycles. The fourth-order valence-corrected chi connectivity index (χ4v) is 2.31. The number of furan rings is 1. The summed E-state index contributed by atoms with van der Waals surface area (Å²) in [6.45, 7) is 2.04. The van der Waals surface area contributed by atoms with E-state index in [0.29, 0.717) is 17.2 Å². The SMILES string of the molecule is C[C@H](NC(=O)c1ccc(NC(=O)c2ccco2)cc1)C1CC1. The fraction of sp³-hybridized carbons (Fsp3) is 0.294. The number of carbonyl (C=O) groups excluding carboxylic acids is 2. The lowest BCUT2D eigenvalue weighted by Gasteiger charge is -2.13. The van der Waals surface area contributed by atoms with E-state index in [1.165, 1.54) is 19.1 Å². The molecule has 1 fully saturated rings. The monoisotopic (exact) mass is 298 g/mol. The molecule has 1 saturated carbocycles. The lowest BCUT2D eigenvalue weighted by Crippen LogP contribution is -2.33.